The van der Waals surface area contributed by atoms with Crippen LogP contribution in [0.25, 0.3) is 0 Å². The van der Waals surface area contributed by atoms with E-state index in [0.29, 0.717) is 11.6 Å². The SMILES string of the molecule is CCCN=C(N)/N=C(\N)NN1c2ccccc2Sc2ccc(Cl)cc21.Cl. The number of rotatable bonds is 3. The first-order valence-corrected chi connectivity index (χ1v) is 9.05. The van der Waals surface area contributed by atoms with E-state index < -0.39 is 0 Å². The molecule has 3 rings (SSSR count). The summed E-state index contributed by atoms with van der Waals surface area (Å²) in [5.41, 5.74) is 16.8. The Morgan fingerprint density at radius 1 is 1.15 bits per heavy atom. The molecule has 0 aromatic heterocycles. The Morgan fingerprint density at radius 3 is 2.65 bits per heavy atom. The van der Waals surface area contributed by atoms with E-state index in [-0.39, 0.29) is 24.3 Å². The van der Waals surface area contributed by atoms with E-state index in [2.05, 4.69) is 21.5 Å². The number of anilines is 2. The Hall–Kier alpha value is -2.09. The first-order valence-electron chi connectivity index (χ1n) is 7.85. The van der Waals surface area contributed by atoms with Gasteiger partial charge in [-0.3, -0.25) is 15.4 Å². The van der Waals surface area contributed by atoms with Gasteiger partial charge in [0.25, 0.3) is 0 Å². The van der Waals surface area contributed by atoms with Crippen molar-refractivity contribution in [3.63, 3.8) is 0 Å². The zero-order valence-corrected chi connectivity index (χ0v) is 16.5. The number of nitrogens with two attached hydrogens (primary N) is 2. The van der Waals surface area contributed by atoms with Crippen LogP contribution in [-0.4, -0.2) is 18.5 Å². The molecule has 9 heteroatoms. The molecular weight excluding hydrogens is 391 g/mol. The highest BCUT2D eigenvalue weighted by molar-refractivity contribution is 7.99. The number of fused-ring (bicyclic) bond motifs is 2. The summed E-state index contributed by atoms with van der Waals surface area (Å²) in [5, 5.41) is 2.50. The molecule has 0 atom stereocenters. The average molecular weight is 411 g/mol. The topological polar surface area (TPSA) is 92.0 Å². The minimum absolute atomic E-state index is 0. The fourth-order valence-corrected chi connectivity index (χ4v) is 3.58. The number of hydrogen-bond acceptors (Lipinski definition) is 3. The van der Waals surface area contributed by atoms with Gasteiger partial charge in [-0.25, -0.2) is 0 Å². The number of nitrogens with one attached hydrogen (secondary N) is 1. The third-order valence-corrected chi connectivity index (χ3v) is 4.81. The predicted molar refractivity (Wildman–Crippen MR) is 113 cm³/mol. The second-order valence-electron chi connectivity index (χ2n) is 5.37. The summed E-state index contributed by atoms with van der Waals surface area (Å²) in [4.78, 5) is 10.4. The van der Waals surface area contributed by atoms with Crippen molar-refractivity contribution >= 4 is 59.1 Å². The molecule has 6 nitrogen and oxygen atoms in total. The number of nitrogens with zero attached hydrogens (tertiary/aromatic N) is 3. The molecule has 0 aliphatic carbocycles. The maximum Gasteiger partial charge on any atom is 0.218 e. The summed E-state index contributed by atoms with van der Waals surface area (Å²) in [5.74, 6) is 0.308. The van der Waals surface area contributed by atoms with Gasteiger partial charge in [0, 0.05) is 21.4 Å². The first-order chi connectivity index (χ1) is 12.1. The summed E-state index contributed by atoms with van der Waals surface area (Å²) in [7, 11) is 0. The molecule has 0 radical (unpaired) electrons. The van der Waals surface area contributed by atoms with Crippen LogP contribution in [0.15, 0.2) is 62.2 Å². The minimum atomic E-state index is 0. The predicted octanol–water partition coefficient (Wildman–Crippen LogP) is 3.91. The Kier molecular flexibility index (Phi) is 7.02. The molecule has 138 valence electrons. The number of aliphatic imine (C=N–C) groups is 2. The van der Waals surface area contributed by atoms with E-state index in [1.807, 2.05) is 48.3 Å². The first kappa shape index (κ1) is 20.2. The fraction of sp³-hybridized carbons (Fsp3) is 0.176. The lowest BCUT2D eigenvalue weighted by Crippen LogP contribution is -2.45. The van der Waals surface area contributed by atoms with E-state index >= 15 is 0 Å². The van der Waals surface area contributed by atoms with Crippen LogP contribution < -0.4 is 21.9 Å². The molecule has 0 saturated carbocycles. The maximum absolute atomic E-state index is 6.18. The second-order valence-corrected chi connectivity index (χ2v) is 6.89. The number of guanidine groups is 2. The zero-order chi connectivity index (χ0) is 17.8. The van der Waals surface area contributed by atoms with Gasteiger partial charge < -0.3 is 11.5 Å². The van der Waals surface area contributed by atoms with Gasteiger partial charge in [-0.15, -0.1) is 12.4 Å². The largest absolute Gasteiger partial charge is 0.368 e. The van der Waals surface area contributed by atoms with Crippen molar-refractivity contribution in [2.24, 2.45) is 21.5 Å². The molecule has 0 amide bonds. The molecule has 0 saturated heterocycles. The summed E-state index contributed by atoms with van der Waals surface area (Å²) in [6, 6.07) is 13.8. The van der Waals surface area contributed by atoms with Crippen LogP contribution in [0.2, 0.25) is 5.02 Å². The van der Waals surface area contributed by atoms with Crippen molar-refractivity contribution in [2.45, 2.75) is 23.1 Å². The Bertz CT molecular complexity index is 840. The van der Waals surface area contributed by atoms with Crippen molar-refractivity contribution < 1.29 is 0 Å². The van der Waals surface area contributed by atoms with E-state index in [4.69, 9.17) is 23.1 Å². The van der Waals surface area contributed by atoms with Crippen LogP contribution in [0, 0.1) is 0 Å². The molecule has 2 aromatic carbocycles. The molecule has 26 heavy (non-hydrogen) atoms. The van der Waals surface area contributed by atoms with Crippen molar-refractivity contribution in [2.75, 3.05) is 11.6 Å². The zero-order valence-electron chi connectivity index (χ0n) is 14.1. The molecule has 1 aliphatic heterocycles. The number of hydrazine groups is 1. The molecule has 0 fully saturated rings. The molecule has 0 spiro atoms. The Balaban J connectivity index is 0.00000243. The molecule has 0 unspecified atom stereocenters. The lowest BCUT2D eigenvalue weighted by atomic mass is 10.2. The highest BCUT2D eigenvalue weighted by atomic mass is 35.5. The summed E-state index contributed by atoms with van der Waals surface area (Å²) in [6.07, 6.45) is 0.895. The van der Waals surface area contributed by atoms with E-state index in [1.54, 1.807) is 11.8 Å². The van der Waals surface area contributed by atoms with Crippen molar-refractivity contribution in [1.82, 2.24) is 5.43 Å². The molecule has 0 bridgehead atoms. The van der Waals surface area contributed by atoms with E-state index in [1.165, 1.54) is 0 Å². The minimum Gasteiger partial charge on any atom is -0.368 e. The quantitative estimate of drug-likeness (QED) is 0.526. The smallest absolute Gasteiger partial charge is 0.218 e. The summed E-state index contributed by atoms with van der Waals surface area (Å²) >= 11 is 7.86. The summed E-state index contributed by atoms with van der Waals surface area (Å²) in [6.45, 7) is 2.63. The number of benzene rings is 2. The molecule has 1 heterocycles. The van der Waals surface area contributed by atoms with Crippen molar-refractivity contribution in [3.05, 3.63) is 47.5 Å². The highest BCUT2D eigenvalue weighted by Gasteiger charge is 2.24. The van der Waals surface area contributed by atoms with Gasteiger partial charge in [0.05, 0.1) is 11.4 Å². The van der Waals surface area contributed by atoms with Crippen LogP contribution in [0.4, 0.5) is 11.4 Å². The maximum atomic E-state index is 6.18. The van der Waals surface area contributed by atoms with Gasteiger partial charge in [-0.05, 0) is 36.8 Å². The van der Waals surface area contributed by atoms with Gasteiger partial charge in [0.1, 0.15) is 0 Å². The lowest BCUT2D eigenvalue weighted by Gasteiger charge is -2.32. The van der Waals surface area contributed by atoms with Gasteiger partial charge in [-0.2, -0.15) is 4.99 Å². The number of hydrogen-bond donors (Lipinski definition) is 3. The van der Waals surface area contributed by atoms with Crippen LogP contribution in [0.1, 0.15) is 13.3 Å². The number of para-hydroxylation sites is 1. The standard InChI is InChI=1S/C17H19ClN6S.ClH/c1-2-9-21-16(19)22-17(20)23-24-12-5-3-4-6-14(12)25-15-8-7-11(18)10-13(15)24;/h3-8,10H,2,9H2,1H3,(H5,19,20,21,22,23);1H. The van der Waals surface area contributed by atoms with Gasteiger partial charge >= 0.3 is 0 Å². The van der Waals surface area contributed by atoms with Crippen LogP contribution >= 0.6 is 35.8 Å². The van der Waals surface area contributed by atoms with Gasteiger partial charge in [0.2, 0.25) is 11.9 Å². The average Bonchev–Trinajstić information content (AvgIpc) is 2.60. The molecule has 2 aromatic rings. The second kappa shape index (κ2) is 9.02. The fourth-order valence-electron chi connectivity index (χ4n) is 2.37. The third-order valence-electron chi connectivity index (χ3n) is 3.45. The lowest BCUT2D eigenvalue weighted by molar-refractivity contribution is 0.887. The summed E-state index contributed by atoms with van der Waals surface area (Å²) < 4.78 is 0. The van der Waals surface area contributed by atoms with Crippen molar-refractivity contribution in [3.8, 4) is 0 Å². The number of halogens is 2. The molecule has 1 aliphatic rings. The van der Waals surface area contributed by atoms with Crippen LogP contribution in [0.3, 0.4) is 0 Å². The highest BCUT2D eigenvalue weighted by Crippen LogP contribution is 2.47. The molecular formula is C17H20Cl2N6S. The monoisotopic (exact) mass is 410 g/mol. The van der Waals surface area contributed by atoms with E-state index in [9.17, 15) is 0 Å². The van der Waals surface area contributed by atoms with Gasteiger partial charge in [-0.1, -0.05) is 42.4 Å². The van der Waals surface area contributed by atoms with Crippen molar-refractivity contribution in [1.29, 1.82) is 0 Å². The third kappa shape index (κ3) is 4.55. The van der Waals surface area contributed by atoms with Crippen LogP contribution in [0.5, 0.6) is 0 Å². The molecule has 5 N–H and O–H groups in total. The van der Waals surface area contributed by atoms with E-state index in [0.717, 1.165) is 27.6 Å². The van der Waals surface area contributed by atoms with Crippen LogP contribution in [-0.2, 0) is 0 Å². The Labute approximate surface area is 168 Å². The van der Waals surface area contributed by atoms with Gasteiger partial charge in [0.15, 0.2) is 0 Å². The Morgan fingerprint density at radius 2 is 1.88 bits per heavy atom. The normalized spacial score (nSPS) is 13.5.